The quantitative estimate of drug-likeness (QED) is 0.275. The van der Waals surface area contributed by atoms with E-state index < -0.39 is 0 Å². The number of hydrogen-bond donors (Lipinski definition) is 1. The molecule has 1 saturated carbocycles. The lowest BCUT2D eigenvalue weighted by molar-refractivity contribution is 0.0606. The number of ether oxygens (including phenoxy) is 1. The number of fused-ring (bicyclic) bond motifs is 1. The molecule has 0 radical (unpaired) electrons. The fourth-order valence-corrected chi connectivity index (χ4v) is 5.90. The Morgan fingerprint density at radius 3 is 2.38 bits per heavy atom. The van der Waals surface area contributed by atoms with Gasteiger partial charge in [0.15, 0.2) is 0 Å². The number of carbonyl (C=O) groups excluding carboxylic acids is 1. The van der Waals surface area contributed by atoms with Crippen LogP contribution in [0.4, 0.5) is 0 Å². The number of benzene rings is 3. The number of H-pyrrole nitrogens is 1. The van der Waals surface area contributed by atoms with Gasteiger partial charge in [-0.05, 0) is 48.7 Å². The van der Waals surface area contributed by atoms with Crippen molar-refractivity contribution in [2.24, 2.45) is 0 Å². The minimum absolute atomic E-state index is 0.0265. The summed E-state index contributed by atoms with van der Waals surface area (Å²) in [6.45, 7) is 0.391. The molecule has 188 valence electrons. The zero-order valence-corrected chi connectivity index (χ0v) is 21.8. The molecule has 0 saturated heterocycles. The summed E-state index contributed by atoms with van der Waals surface area (Å²) in [5.41, 5.74) is 5.22. The summed E-state index contributed by atoms with van der Waals surface area (Å²) in [7, 11) is 0. The second kappa shape index (κ2) is 10.2. The first-order valence-electron chi connectivity index (χ1n) is 12.7. The third-order valence-electron chi connectivity index (χ3n) is 7.44. The average molecular weight is 532 g/mol. The Kier molecular flexibility index (Phi) is 6.66. The van der Waals surface area contributed by atoms with E-state index in [1.807, 2.05) is 60.7 Å². The summed E-state index contributed by atoms with van der Waals surface area (Å²) in [5.74, 6) is 0.779. The van der Waals surface area contributed by atoms with Crippen molar-refractivity contribution in [3.8, 4) is 17.0 Å². The first-order valence-corrected chi connectivity index (χ1v) is 13.5. The van der Waals surface area contributed by atoms with Gasteiger partial charge in [-0.2, -0.15) is 5.10 Å². The van der Waals surface area contributed by atoms with Crippen LogP contribution in [-0.2, 0) is 6.61 Å². The average Bonchev–Trinajstić information content (AvgIpc) is 3.48. The number of aromatic amines is 1. The number of aromatic nitrogens is 2. The van der Waals surface area contributed by atoms with E-state index in [-0.39, 0.29) is 18.0 Å². The molecule has 1 fully saturated rings. The van der Waals surface area contributed by atoms with E-state index in [4.69, 9.17) is 27.9 Å². The number of halogens is 2. The van der Waals surface area contributed by atoms with Crippen LogP contribution in [0.15, 0.2) is 72.8 Å². The summed E-state index contributed by atoms with van der Waals surface area (Å²) >= 11 is 12.4. The molecule has 4 aromatic rings. The normalized spacial score (nSPS) is 17.7. The van der Waals surface area contributed by atoms with Crippen LogP contribution in [0, 0.1) is 0 Å². The molecule has 3 aromatic carbocycles. The highest BCUT2D eigenvalue weighted by molar-refractivity contribution is 6.31. The van der Waals surface area contributed by atoms with Gasteiger partial charge < -0.3 is 9.64 Å². The fraction of sp³-hybridized carbons (Fsp3) is 0.267. The largest absolute Gasteiger partial charge is 0.489 e. The van der Waals surface area contributed by atoms with Crippen molar-refractivity contribution in [3.63, 3.8) is 0 Å². The Morgan fingerprint density at radius 1 is 0.919 bits per heavy atom. The molecule has 1 unspecified atom stereocenters. The lowest BCUT2D eigenvalue weighted by Gasteiger charge is -2.36. The van der Waals surface area contributed by atoms with E-state index in [9.17, 15) is 4.79 Å². The zero-order valence-electron chi connectivity index (χ0n) is 20.3. The van der Waals surface area contributed by atoms with Gasteiger partial charge in [-0.25, -0.2) is 0 Å². The van der Waals surface area contributed by atoms with Gasteiger partial charge in [0.2, 0.25) is 0 Å². The van der Waals surface area contributed by atoms with Crippen LogP contribution in [0.1, 0.15) is 65.3 Å². The maximum absolute atomic E-state index is 13.7. The molecule has 2 heterocycles. The van der Waals surface area contributed by atoms with Gasteiger partial charge in [0.1, 0.15) is 18.1 Å². The number of amides is 1. The van der Waals surface area contributed by atoms with Crippen LogP contribution >= 0.6 is 23.2 Å². The van der Waals surface area contributed by atoms with Crippen LogP contribution in [0.25, 0.3) is 11.3 Å². The van der Waals surface area contributed by atoms with Gasteiger partial charge in [0, 0.05) is 32.8 Å². The molecule has 37 heavy (non-hydrogen) atoms. The molecule has 1 N–H and O–H groups in total. The molecule has 1 aliphatic carbocycles. The zero-order chi connectivity index (χ0) is 25.4. The number of nitrogens with zero attached hydrogens (tertiary/aromatic N) is 2. The second-order valence-electron chi connectivity index (χ2n) is 9.72. The van der Waals surface area contributed by atoms with E-state index in [0.29, 0.717) is 22.3 Å². The molecule has 1 amide bonds. The Balaban J connectivity index is 1.35. The molecule has 1 aromatic heterocycles. The maximum atomic E-state index is 13.7. The smallest absolute Gasteiger partial charge is 0.273 e. The minimum Gasteiger partial charge on any atom is -0.489 e. The third kappa shape index (κ3) is 4.62. The lowest BCUT2D eigenvalue weighted by Crippen LogP contribution is -2.40. The molecule has 0 spiro atoms. The van der Waals surface area contributed by atoms with Crippen molar-refractivity contribution in [2.45, 2.75) is 50.8 Å². The Morgan fingerprint density at radius 2 is 1.65 bits per heavy atom. The predicted molar refractivity (Wildman–Crippen MR) is 146 cm³/mol. The molecular weight excluding hydrogens is 505 g/mol. The molecule has 0 bridgehead atoms. The van der Waals surface area contributed by atoms with E-state index in [0.717, 1.165) is 59.4 Å². The van der Waals surface area contributed by atoms with Gasteiger partial charge in [0.05, 0.1) is 11.7 Å². The van der Waals surface area contributed by atoms with Crippen molar-refractivity contribution in [3.05, 3.63) is 105 Å². The monoisotopic (exact) mass is 531 g/mol. The first kappa shape index (κ1) is 24.1. The molecule has 1 aliphatic heterocycles. The lowest BCUT2D eigenvalue weighted by atomic mass is 9.91. The summed E-state index contributed by atoms with van der Waals surface area (Å²) in [6.07, 6.45) is 5.56. The van der Waals surface area contributed by atoms with Crippen molar-refractivity contribution < 1.29 is 9.53 Å². The molecule has 5 nitrogen and oxygen atoms in total. The van der Waals surface area contributed by atoms with Crippen LogP contribution in [0.3, 0.4) is 0 Å². The summed E-state index contributed by atoms with van der Waals surface area (Å²) in [5, 5.41) is 9.00. The van der Waals surface area contributed by atoms with Gasteiger partial charge >= 0.3 is 0 Å². The van der Waals surface area contributed by atoms with Gasteiger partial charge in [-0.3, -0.25) is 9.89 Å². The molecule has 1 atom stereocenters. The van der Waals surface area contributed by atoms with Crippen LogP contribution in [-0.4, -0.2) is 27.0 Å². The number of rotatable bonds is 6. The number of carbonyl (C=O) groups is 1. The van der Waals surface area contributed by atoms with Crippen molar-refractivity contribution in [1.82, 2.24) is 15.1 Å². The van der Waals surface area contributed by atoms with Crippen LogP contribution < -0.4 is 4.74 Å². The van der Waals surface area contributed by atoms with E-state index >= 15 is 0 Å². The predicted octanol–water partition coefficient (Wildman–Crippen LogP) is 7.84. The van der Waals surface area contributed by atoms with Crippen molar-refractivity contribution >= 4 is 29.1 Å². The standard InChI is InChI=1S/C30H27Cl2N3O2/c31-22-14-10-19(11-15-22)27-26-28(34-33-27)30(36)35(23-7-2-1-3-8-23)29(26)20-12-16-24(17-13-20)37-18-21-6-4-5-9-25(21)32/h4-6,9-17,23,29H,1-3,7-8,18H2,(H,33,34). The van der Waals surface area contributed by atoms with Crippen molar-refractivity contribution in [1.29, 1.82) is 0 Å². The third-order valence-corrected chi connectivity index (χ3v) is 8.06. The highest BCUT2D eigenvalue weighted by Crippen LogP contribution is 2.46. The highest BCUT2D eigenvalue weighted by Gasteiger charge is 2.45. The number of hydrogen-bond acceptors (Lipinski definition) is 3. The maximum Gasteiger partial charge on any atom is 0.273 e. The van der Waals surface area contributed by atoms with Gasteiger partial charge in [0.25, 0.3) is 5.91 Å². The molecular formula is C30H27Cl2N3O2. The van der Waals surface area contributed by atoms with E-state index in [1.165, 1.54) is 6.42 Å². The minimum atomic E-state index is -0.215. The topological polar surface area (TPSA) is 58.2 Å². The van der Waals surface area contributed by atoms with Gasteiger partial charge in [-0.1, -0.05) is 84.9 Å². The Hall–Kier alpha value is -3.28. The first-order chi connectivity index (χ1) is 18.1. The molecule has 6 rings (SSSR count). The van der Waals surface area contributed by atoms with Crippen LogP contribution in [0.5, 0.6) is 5.75 Å². The van der Waals surface area contributed by atoms with Crippen LogP contribution in [0.2, 0.25) is 10.0 Å². The van der Waals surface area contributed by atoms with Crippen molar-refractivity contribution in [2.75, 3.05) is 0 Å². The summed E-state index contributed by atoms with van der Waals surface area (Å²) in [4.78, 5) is 15.8. The summed E-state index contributed by atoms with van der Waals surface area (Å²) < 4.78 is 6.02. The molecule has 7 heteroatoms. The van der Waals surface area contributed by atoms with E-state index in [1.54, 1.807) is 0 Å². The SMILES string of the molecule is O=C1c2[nH]nc(-c3ccc(Cl)cc3)c2C(c2ccc(OCc3ccccc3Cl)cc2)N1C1CCCCC1. The van der Waals surface area contributed by atoms with Gasteiger partial charge in [-0.15, -0.1) is 0 Å². The molecule has 2 aliphatic rings. The fourth-order valence-electron chi connectivity index (χ4n) is 5.58. The Bertz CT molecular complexity index is 1410. The summed E-state index contributed by atoms with van der Waals surface area (Å²) in [6, 6.07) is 23.3. The second-order valence-corrected chi connectivity index (χ2v) is 10.6. The van der Waals surface area contributed by atoms with E-state index in [2.05, 4.69) is 27.2 Å². The number of nitrogens with one attached hydrogen (secondary N) is 1. The Labute approximate surface area is 226 Å². The highest BCUT2D eigenvalue weighted by atomic mass is 35.5.